The largest absolute Gasteiger partial charge is 0.489 e. The van der Waals surface area contributed by atoms with Gasteiger partial charge in [-0.15, -0.1) is 0 Å². The lowest BCUT2D eigenvalue weighted by molar-refractivity contribution is -0.265. The molecular formula is C26H21ClF3N5O4S. The van der Waals surface area contributed by atoms with Crippen LogP contribution in [-0.2, 0) is 15.8 Å². The second-order valence-corrected chi connectivity index (χ2v) is 11.0. The van der Waals surface area contributed by atoms with Gasteiger partial charge in [-0.05, 0) is 43.3 Å². The van der Waals surface area contributed by atoms with Crippen LogP contribution < -0.4 is 21.5 Å². The lowest BCUT2D eigenvalue weighted by Crippen LogP contribution is -2.51. The number of amides is 2. The maximum atomic E-state index is 14.5. The van der Waals surface area contributed by atoms with E-state index in [4.69, 9.17) is 27.8 Å². The molecule has 0 spiro atoms. The molecule has 40 heavy (non-hydrogen) atoms. The molecule has 9 nitrogen and oxygen atoms in total. The van der Waals surface area contributed by atoms with Crippen LogP contribution in [0.4, 0.5) is 18.3 Å². The van der Waals surface area contributed by atoms with Crippen molar-refractivity contribution >= 4 is 50.1 Å². The van der Waals surface area contributed by atoms with Crippen molar-refractivity contribution in [2.45, 2.75) is 24.1 Å². The Labute approximate surface area is 233 Å². The Kier molecular flexibility index (Phi) is 6.63. The number of nitrogens with two attached hydrogens (primary N) is 2. The number of nitrogens with one attached hydrogen (secondary N) is 1. The van der Waals surface area contributed by atoms with Crippen molar-refractivity contribution in [3.05, 3.63) is 70.4 Å². The molecule has 14 heteroatoms. The second-order valence-electron chi connectivity index (χ2n) is 9.50. The van der Waals surface area contributed by atoms with E-state index in [0.717, 1.165) is 17.4 Å². The third-order valence-electron chi connectivity index (χ3n) is 6.80. The van der Waals surface area contributed by atoms with Gasteiger partial charge >= 0.3 is 6.18 Å². The molecule has 0 radical (unpaired) electrons. The van der Waals surface area contributed by atoms with Gasteiger partial charge in [-0.2, -0.15) is 13.2 Å². The molecule has 2 amide bonds. The summed E-state index contributed by atoms with van der Waals surface area (Å²) in [5.41, 5.74) is 6.12. The number of pyridine rings is 1. The van der Waals surface area contributed by atoms with Gasteiger partial charge in [0.25, 0.3) is 5.91 Å². The third-order valence-corrected chi connectivity index (χ3v) is 7.90. The highest BCUT2D eigenvalue weighted by Crippen LogP contribution is 2.47. The first-order valence-electron chi connectivity index (χ1n) is 11.7. The number of alkyl halides is 3. The van der Waals surface area contributed by atoms with Crippen molar-refractivity contribution < 1.29 is 32.6 Å². The topological polar surface area (TPSA) is 153 Å². The number of aliphatic hydroxyl groups is 1. The molecule has 2 aromatic heterocycles. The van der Waals surface area contributed by atoms with Gasteiger partial charge in [0.05, 0.1) is 22.5 Å². The van der Waals surface area contributed by atoms with Gasteiger partial charge in [0, 0.05) is 21.7 Å². The second kappa shape index (κ2) is 9.61. The first-order chi connectivity index (χ1) is 18.7. The van der Waals surface area contributed by atoms with E-state index in [9.17, 15) is 27.9 Å². The van der Waals surface area contributed by atoms with Gasteiger partial charge in [-0.3, -0.25) is 9.59 Å². The van der Waals surface area contributed by atoms with Crippen LogP contribution in [0.3, 0.4) is 0 Å². The molecule has 0 saturated heterocycles. The first-order valence-corrected chi connectivity index (χ1v) is 12.9. The maximum Gasteiger partial charge on any atom is 0.424 e. The van der Waals surface area contributed by atoms with Crippen LogP contribution in [0.1, 0.15) is 28.5 Å². The number of hydrogen-bond donors (Lipinski definition) is 4. The highest BCUT2D eigenvalue weighted by molar-refractivity contribution is 7.22. The summed E-state index contributed by atoms with van der Waals surface area (Å²) in [7, 11) is 0. The number of aromatic nitrogens is 2. The van der Waals surface area contributed by atoms with Crippen LogP contribution in [0.15, 0.2) is 48.5 Å². The number of rotatable bonds is 6. The summed E-state index contributed by atoms with van der Waals surface area (Å²) in [6, 6.07) is 11.3. The summed E-state index contributed by atoms with van der Waals surface area (Å²) in [6.07, 6.45) is -5.29. The molecule has 3 heterocycles. The van der Waals surface area contributed by atoms with Crippen LogP contribution in [0, 0.1) is 0 Å². The average Bonchev–Trinajstić information content (AvgIpc) is 3.45. The van der Waals surface area contributed by atoms with Crippen LogP contribution in [-0.4, -0.2) is 46.2 Å². The molecule has 1 aliphatic heterocycles. The number of carbonyl (C=O) groups is 2. The number of carbonyl (C=O) groups excluding carboxylic acids is 2. The van der Waals surface area contributed by atoms with Crippen molar-refractivity contribution in [1.29, 1.82) is 0 Å². The Morgan fingerprint density at radius 2 is 1.88 bits per heavy atom. The number of ether oxygens (including phenoxy) is 1. The molecule has 6 N–H and O–H groups in total. The molecule has 2 atom stereocenters. The Balaban J connectivity index is 1.58. The highest BCUT2D eigenvalue weighted by atomic mass is 35.5. The number of benzene rings is 2. The van der Waals surface area contributed by atoms with Crippen LogP contribution in [0.25, 0.3) is 21.5 Å². The molecule has 5 rings (SSSR count). The van der Waals surface area contributed by atoms with E-state index in [-0.39, 0.29) is 34.3 Å². The lowest BCUT2D eigenvalue weighted by atomic mass is 9.81. The molecule has 4 aromatic rings. The fourth-order valence-corrected chi connectivity index (χ4v) is 5.23. The van der Waals surface area contributed by atoms with Gasteiger partial charge in [-0.1, -0.05) is 35.1 Å². The van der Waals surface area contributed by atoms with E-state index < -0.39 is 41.2 Å². The maximum absolute atomic E-state index is 14.5. The van der Waals surface area contributed by atoms with E-state index in [1.165, 1.54) is 49.4 Å². The van der Waals surface area contributed by atoms with Gasteiger partial charge in [0.2, 0.25) is 11.5 Å². The number of fused-ring (bicyclic) bond motifs is 2. The Hall–Kier alpha value is -3.94. The predicted octanol–water partition coefficient (Wildman–Crippen LogP) is 3.91. The summed E-state index contributed by atoms with van der Waals surface area (Å²) in [4.78, 5) is 33.4. The van der Waals surface area contributed by atoms with Gasteiger partial charge in [-0.25, -0.2) is 9.97 Å². The fourth-order valence-electron chi connectivity index (χ4n) is 4.33. The molecule has 208 valence electrons. The number of nitrogens with zero attached hydrogens (tertiary/aromatic N) is 2. The van der Waals surface area contributed by atoms with Gasteiger partial charge < -0.3 is 26.6 Å². The van der Waals surface area contributed by atoms with Gasteiger partial charge in [0.1, 0.15) is 23.5 Å². The number of nitrogen functional groups attached to an aromatic ring is 1. The zero-order chi connectivity index (χ0) is 29.0. The molecule has 0 fully saturated rings. The predicted molar refractivity (Wildman–Crippen MR) is 143 cm³/mol. The number of anilines is 1. The van der Waals surface area contributed by atoms with E-state index in [1.54, 1.807) is 0 Å². The number of primary amides is 1. The van der Waals surface area contributed by atoms with E-state index in [0.29, 0.717) is 20.8 Å². The minimum atomic E-state index is -5.29. The van der Waals surface area contributed by atoms with Crippen molar-refractivity contribution in [3.63, 3.8) is 0 Å². The lowest BCUT2D eigenvalue weighted by Gasteiger charge is -2.31. The van der Waals surface area contributed by atoms with Crippen LogP contribution in [0.5, 0.6) is 5.75 Å². The Bertz CT molecular complexity index is 1660. The monoisotopic (exact) mass is 591 g/mol. The van der Waals surface area contributed by atoms with Crippen LogP contribution >= 0.6 is 22.9 Å². The first kappa shape index (κ1) is 27.6. The summed E-state index contributed by atoms with van der Waals surface area (Å²) >= 11 is 7.08. The van der Waals surface area contributed by atoms with E-state index >= 15 is 0 Å². The highest BCUT2D eigenvalue weighted by Gasteiger charge is 2.57. The number of hydrogen-bond acceptors (Lipinski definition) is 8. The van der Waals surface area contributed by atoms with Crippen molar-refractivity contribution in [2.24, 2.45) is 5.73 Å². The zero-order valence-corrected chi connectivity index (χ0v) is 22.2. The summed E-state index contributed by atoms with van der Waals surface area (Å²) in [5.74, 6) is -1.66. The quantitative estimate of drug-likeness (QED) is 0.265. The average molecular weight is 592 g/mol. The molecule has 0 aliphatic carbocycles. The SMILES string of the molecule is C[C@]1(C(N)=O)COc2c1cc([C@@](O)(CNC(=O)c1ccc3nc(N)sc3c1)C(F)(F)F)nc2-c1ccc(Cl)cc1. The Morgan fingerprint density at radius 1 is 1.18 bits per heavy atom. The molecular weight excluding hydrogens is 571 g/mol. The third kappa shape index (κ3) is 4.59. The fraction of sp³-hybridized carbons (Fsp3) is 0.231. The van der Waals surface area contributed by atoms with Crippen molar-refractivity contribution in [1.82, 2.24) is 15.3 Å². The molecule has 0 saturated carbocycles. The number of thiazole rings is 1. The number of halogens is 4. The van der Waals surface area contributed by atoms with Crippen molar-refractivity contribution in [2.75, 3.05) is 18.9 Å². The van der Waals surface area contributed by atoms with Crippen LogP contribution in [0.2, 0.25) is 5.02 Å². The zero-order valence-electron chi connectivity index (χ0n) is 20.7. The van der Waals surface area contributed by atoms with E-state index in [1.807, 2.05) is 0 Å². The van der Waals surface area contributed by atoms with E-state index in [2.05, 4.69) is 15.3 Å². The molecule has 0 unspecified atom stereocenters. The standard InChI is InChI=1S/C26H21ClF3N5O4S/c1-24(22(31)37)11-39-20-15(24)9-18(35-19(20)12-2-5-14(27)6-3-12)25(38,26(28,29)30)10-33-21(36)13-4-7-16-17(8-13)40-23(32)34-16/h2-9,38H,10-11H2,1H3,(H2,31,37)(H2,32,34)(H,33,36)/t24-,25-/m0/s1. The van der Waals surface area contributed by atoms with Gasteiger partial charge in [0.15, 0.2) is 5.13 Å². The minimum absolute atomic E-state index is 0.0252. The molecule has 2 aromatic carbocycles. The normalized spacial score (nSPS) is 18.1. The summed E-state index contributed by atoms with van der Waals surface area (Å²) in [5, 5.41) is 13.9. The molecule has 0 bridgehead atoms. The smallest absolute Gasteiger partial charge is 0.424 e. The summed E-state index contributed by atoms with van der Waals surface area (Å²) in [6.45, 7) is -0.0966. The summed E-state index contributed by atoms with van der Waals surface area (Å²) < 4.78 is 49.9. The molecule has 1 aliphatic rings. The van der Waals surface area contributed by atoms with Crippen molar-refractivity contribution in [3.8, 4) is 17.0 Å². The Morgan fingerprint density at radius 3 is 2.52 bits per heavy atom. The minimum Gasteiger partial charge on any atom is -0.489 e.